The first-order valence-electron chi connectivity index (χ1n) is 5.98. The molecule has 0 aliphatic rings. The van der Waals surface area contributed by atoms with Gasteiger partial charge in [-0.1, -0.05) is 6.92 Å². The van der Waals surface area contributed by atoms with Crippen LogP contribution in [0.4, 0.5) is 0 Å². The van der Waals surface area contributed by atoms with E-state index in [4.69, 9.17) is 0 Å². The zero-order chi connectivity index (χ0) is 11.8. The van der Waals surface area contributed by atoms with E-state index in [9.17, 15) is 4.79 Å². The molecule has 1 aromatic rings. The fourth-order valence-electron chi connectivity index (χ4n) is 1.56. The van der Waals surface area contributed by atoms with Crippen LogP contribution in [0.5, 0.6) is 0 Å². The molecule has 1 N–H and O–H groups in total. The van der Waals surface area contributed by atoms with Crippen molar-refractivity contribution in [2.75, 3.05) is 6.54 Å². The van der Waals surface area contributed by atoms with Crippen LogP contribution in [0.1, 0.15) is 38.4 Å². The molecule has 0 atom stereocenters. The van der Waals surface area contributed by atoms with Gasteiger partial charge in [0.25, 0.3) is 0 Å². The second-order valence-electron chi connectivity index (χ2n) is 3.97. The molecular weight excluding hydrogens is 202 g/mol. The van der Waals surface area contributed by atoms with E-state index in [0.717, 1.165) is 38.2 Å². The smallest absolute Gasteiger partial charge is 0.219 e. The van der Waals surface area contributed by atoms with Crippen molar-refractivity contribution in [3.8, 4) is 0 Å². The molecule has 16 heavy (non-hydrogen) atoms. The summed E-state index contributed by atoms with van der Waals surface area (Å²) < 4.78 is 2.12. The number of carbonyl (C=O) groups excluding carboxylic acids is 1. The molecule has 90 valence electrons. The normalized spacial score (nSPS) is 10.4. The maximum Gasteiger partial charge on any atom is 0.219 e. The van der Waals surface area contributed by atoms with Crippen LogP contribution in [-0.4, -0.2) is 22.0 Å². The molecule has 4 nitrogen and oxygen atoms in total. The standard InChI is InChI=1S/C12H21N3O/c1-3-7-14-12(16)6-4-5-9-15-10-8-13-11(15)2/h8,10H,3-7,9H2,1-2H3,(H,14,16). The predicted molar refractivity (Wildman–Crippen MR) is 64.1 cm³/mol. The van der Waals surface area contributed by atoms with Crippen LogP contribution in [0.15, 0.2) is 12.4 Å². The summed E-state index contributed by atoms with van der Waals surface area (Å²) in [6.07, 6.45) is 7.38. The zero-order valence-electron chi connectivity index (χ0n) is 10.2. The Morgan fingerprint density at radius 2 is 2.31 bits per heavy atom. The molecule has 0 aromatic carbocycles. The number of unbranched alkanes of at least 4 members (excludes halogenated alkanes) is 1. The van der Waals surface area contributed by atoms with Gasteiger partial charge in [-0.05, 0) is 26.2 Å². The number of amides is 1. The first-order valence-corrected chi connectivity index (χ1v) is 5.98. The van der Waals surface area contributed by atoms with Gasteiger partial charge in [0.1, 0.15) is 5.82 Å². The van der Waals surface area contributed by atoms with Crippen molar-refractivity contribution in [2.45, 2.75) is 46.1 Å². The summed E-state index contributed by atoms with van der Waals surface area (Å²) in [5.41, 5.74) is 0. The number of nitrogens with zero attached hydrogens (tertiary/aromatic N) is 2. The molecule has 4 heteroatoms. The molecule has 0 spiro atoms. The van der Waals surface area contributed by atoms with Crippen LogP contribution in [0.3, 0.4) is 0 Å². The van der Waals surface area contributed by atoms with Crippen molar-refractivity contribution >= 4 is 5.91 Å². The number of hydrogen-bond acceptors (Lipinski definition) is 2. The predicted octanol–water partition coefficient (Wildman–Crippen LogP) is 1.89. The average Bonchev–Trinajstić information content (AvgIpc) is 2.67. The van der Waals surface area contributed by atoms with Crippen molar-refractivity contribution < 1.29 is 4.79 Å². The van der Waals surface area contributed by atoms with Gasteiger partial charge in [-0.15, -0.1) is 0 Å². The van der Waals surface area contributed by atoms with Gasteiger partial charge in [0.05, 0.1) is 0 Å². The van der Waals surface area contributed by atoms with Gasteiger partial charge in [0.2, 0.25) is 5.91 Å². The number of hydrogen-bond donors (Lipinski definition) is 1. The van der Waals surface area contributed by atoms with Crippen LogP contribution in [0, 0.1) is 6.92 Å². The van der Waals surface area contributed by atoms with Crippen molar-refractivity contribution in [2.24, 2.45) is 0 Å². The van der Waals surface area contributed by atoms with E-state index < -0.39 is 0 Å². The molecule has 0 aliphatic carbocycles. The topological polar surface area (TPSA) is 46.9 Å². The Morgan fingerprint density at radius 3 is 2.94 bits per heavy atom. The molecule has 0 unspecified atom stereocenters. The molecule has 1 rings (SSSR count). The first kappa shape index (κ1) is 12.7. The lowest BCUT2D eigenvalue weighted by Crippen LogP contribution is -2.23. The zero-order valence-corrected chi connectivity index (χ0v) is 10.2. The Kier molecular flexibility index (Phi) is 5.61. The number of aryl methyl sites for hydroxylation is 2. The summed E-state index contributed by atoms with van der Waals surface area (Å²) in [5.74, 6) is 1.21. The highest BCUT2D eigenvalue weighted by molar-refractivity contribution is 5.75. The van der Waals surface area contributed by atoms with Gasteiger partial charge in [-0.25, -0.2) is 4.98 Å². The Labute approximate surface area is 97.1 Å². The number of aromatic nitrogens is 2. The van der Waals surface area contributed by atoms with Crippen molar-refractivity contribution in [1.82, 2.24) is 14.9 Å². The van der Waals surface area contributed by atoms with E-state index in [2.05, 4.69) is 21.8 Å². The highest BCUT2D eigenvalue weighted by Gasteiger charge is 2.00. The van der Waals surface area contributed by atoms with E-state index in [1.54, 1.807) is 0 Å². The van der Waals surface area contributed by atoms with Crippen molar-refractivity contribution in [3.63, 3.8) is 0 Å². The highest BCUT2D eigenvalue weighted by Crippen LogP contribution is 2.02. The van der Waals surface area contributed by atoms with E-state index >= 15 is 0 Å². The Hall–Kier alpha value is -1.32. The average molecular weight is 223 g/mol. The number of carbonyl (C=O) groups is 1. The molecular formula is C12H21N3O. The molecule has 0 saturated carbocycles. The van der Waals surface area contributed by atoms with Gasteiger partial charge in [0.15, 0.2) is 0 Å². The Morgan fingerprint density at radius 1 is 1.50 bits per heavy atom. The number of imidazole rings is 1. The Balaban J connectivity index is 2.08. The summed E-state index contributed by atoms with van der Waals surface area (Å²) in [5, 5.41) is 2.88. The van der Waals surface area contributed by atoms with Gasteiger partial charge in [-0.3, -0.25) is 4.79 Å². The second kappa shape index (κ2) is 7.04. The summed E-state index contributed by atoms with van der Waals surface area (Å²) in [7, 11) is 0. The third-order valence-electron chi connectivity index (χ3n) is 2.55. The lowest BCUT2D eigenvalue weighted by atomic mass is 10.2. The van der Waals surface area contributed by atoms with Crippen LogP contribution in [-0.2, 0) is 11.3 Å². The van der Waals surface area contributed by atoms with E-state index in [1.807, 2.05) is 19.3 Å². The summed E-state index contributed by atoms with van der Waals surface area (Å²) in [6, 6.07) is 0. The van der Waals surface area contributed by atoms with Crippen molar-refractivity contribution in [3.05, 3.63) is 18.2 Å². The fourth-order valence-corrected chi connectivity index (χ4v) is 1.56. The maximum absolute atomic E-state index is 11.3. The van der Waals surface area contributed by atoms with Crippen LogP contribution in [0.25, 0.3) is 0 Å². The van der Waals surface area contributed by atoms with E-state index in [1.165, 1.54) is 0 Å². The molecule has 0 saturated heterocycles. The third kappa shape index (κ3) is 4.47. The molecule has 1 heterocycles. The van der Waals surface area contributed by atoms with Gasteiger partial charge >= 0.3 is 0 Å². The molecule has 0 radical (unpaired) electrons. The van der Waals surface area contributed by atoms with Gasteiger partial charge < -0.3 is 9.88 Å². The molecule has 0 bridgehead atoms. The summed E-state index contributed by atoms with van der Waals surface area (Å²) >= 11 is 0. The monoisotopic (exact) mass is 223 g/mol. The van der Waals surface area contributed by atoms with Gasteiger partial charge in [0, 0.05) is 31.9 Å². The minimum Gasteiger partial charge on any atom is -0.356 e. The summed E-state index contributed by atoms with van der Waals surface area (Å²) in [6.45, 7) is 5.79. The van der Waals surface area contributed by atoms with Crippen molar-refractivity contribution in [1.29, 1.82) is 0 Å². The van der Waals surface area contributed by atoms with Crippen LogP contribution < -0.4 is 5.32 Å². The third-order valence-corrected chi connectivity index (χ3v) is 2.55. The fraction of sp³-hybridized carbons (Fsp3) is 0.667. The van der Waals surface area contributed by atoms with E-state index in [0.29, 0.717) is 6.42 Å². The van der Waals surface area contributed by atoms with E-state index in [-0.39, 0.29) is 5.91 Å². The summed E-state index contributed by atoms with van der Waals surface area (Å²) in [4.78, 5) is 15.5. The lowest BCUT2D eigenvalue weighted by molar-refractivity contribution is -0.121. The minimum atomic E-state index is 0.171. The first-order chi connectivity index (χ1) is 7.74. The lowest BCUT2D eigenvalue weighted by Gasteiger charge is -2.05. The second-order valence-corrected chi connectivity index (χ2v) is 3.97. The minimum absolute atomic E-state index is 0.171. The maximum atomic E-state index is 11.3. The Bertz CT molecular complexity index is 320. The molecule has 1 amide bonds. The number of rotatable bonds is 7. The SMILES string of the molecule is CCCNC(=O)CCCCn1ccnc1C. The quantitative estimate of drug-likeness (QED) is 0.717. The molecule has 0 fully saturated rings. The van der Waals surface area contributed by atoms with Crippen LogP contribution >= 0.6 is 0 Å². The largest absolute Gasteiger partial charge is 0.356 e. The van der Waals surface area contributed by atoms with Gasteiger partial charge in [-0.2, -0.15) is 0 Å². The number of nitrogens with one attached hydrogen (secondary N) is 1. The van der Waals surface area contributed by atoms with Crippen LogP contribution in [0.2, 0.25) is 0 Å². The molecule has 1 aromatic heterocycles. The molecule has 0 aliphatic heterocycles. The highest BCUT2D eigenvalue weighted by atomic mass is 16.1.